The fourth-order valence-corrected chi connectivity index (χ4v) is 4.42. The van der Waals surface area contributed by atoms with E-state index >= 15 is 0 Å². The summed E-state index contributed by atoms with van der Waals surface area (Å²) < 4.78 is 63.4. The maximum Gasteiger partial charge on any atom is 0.413 e. The van der Waals surface area contributed by atoms with E-state index in [-0.39, 0.29) is 29.9 Å². The van der Waals surface area contributed by atoms with Crippen molar-refractivity contribution < 1.29 is 26.4 Å². The van der Waals surface area contributed by atoms with Crippen LogP contribution in [0.2, 0.25) is 0 Å². The smallest absolute Gasteiger partial charge is 0.330 e. The third-order valence-corrected chi connectivity index (χ3v) is 6.06. The summed E-state index contributed by atoms with van der Waals surface area (Å²) in [6.07, 6.45) is -4.46. The SMILES string of the molecule is Cc1ccc(C(N(C)C(=O)C2CCS(=O)(=O)CC2)C(F)(F)F)cc1. The molecule has 1 heterocycles. The summed E-state index contributed by atoms with van der Waals surface area (Å²) in [5.74, 6) is -1.65. The molecule has 0 aliphatic carbocycles. The monoisotopic (exact) mass is 363 g/mol. The first-order valence-electron chi connectivity index (χ1n) is 7.61. The Morgan fingerprint density at radius 3 is 2.12 bits per heavy atom. The fourth-order valence-electron chi connectivity index (χ4n) is 2.93. The second-order valence-electron chi connectivity index (χ2n) is 6.23. The molecule has 0 spiro atoms. The Morgan fingerprint density at radius 1 is 1.17 bits per heavy atom. The number of hydrogen-bond donors (Lipinski definition) is 0. The molecule has 0 bridgehead atoms. The van der Waals surface area contributed by atoms with Crippen LogP contribution in [0.5, 0.6) is 0 Å². The van der Waals surface area contributed by atoms with Crippen LogP contribution in [0.15, 0.2) is 24.3 Å². The van der Waals surface area contributed by atoms with Crippen molar-refractivity contribution in [3.05, 3.63) is 35.4 Å². The molecule has 4 nitrogen and oxygen atoms in total. The number of halogens is 3. The molecule has 1 aliphatic rings. The molecule has 0 N–H and O–H groups in total. The number of sulfone groups is 1. The Kier molecular flexibility index (Phi) is 5.27. The molecule has 2 rings (SSSR count). The Balaban J connectivity index is 2.23. The van der Waals surface area contributed by atoms with Crippen LogP contribution in [0.1, 0.15) is 30.0 Å². The lowest BCUT2D eigenvalue weighted by Crippen LogP contribution is -2.44. The second kappa shape index (κ2) is 6.74. The molecular weight excluding hydrogens is 343 g/mol. The van der Waals surface area contributed by atoms with E-state index in [9.17, 15) is 26.4 Å². The van der Waals surface area contributed by atoms with Gasteiger partial charge in [-0.2, -0.15) is 13.2 Å². The summed E-state index contributed by atoms with van der Waals surface area (Å²) in [6, 6.07) is 3.83. The second-order valence-corrected chi connectivity index (χ2v) is 8.53. The topological polar surface area (TPSA) is 54.5 Å². The van der Waals surface area contributed by atoms with Gasteiger partial charge in [-0.1, -0.05) is 29.8 Å². The Morgan fingerprint density at radius 2 is 1.67 bits per heavy atom. The van der Waals surface area contributed by atoms with Crippen molar-refractivity contribution in [2.24, 2.45) is 5.92 Å². The quantitative estimate of drug-likeness (QED) is 0.830. The van der Waals surface area contributed by atoms with Crippen molar-refractivity contribution in [2.75, 3.05) is 18.6 Å². The molecule has 1 aliphatic heterocycles. The zero-order chi connectivity index (χ0) is 18.1. The van der Waals surface area contributed by atoms with Gasteiger partial charge < -0.3 is 4.90 Å². The highest BCUT2D eigenvalue weighted by Crippen LogP contribution is 2.38. The highest BCUT2D eigenvalue weighted by molar-refractivity contribution is 7.91. The van der Waals surface area contributed by atoms with E-state index in [0.29, 0.717) is 4.90 Å². The molecule has 1 saturated heterocycles. The molecule has 1 unspecified atom stereocenters. The molecule has 0 aromatic heterocycles. The molecule has 8 heteroatoms. The standard InChI is InChI=1S/C16H20F3NO3S/c1-11-3-5-12(6-4-11)14(16(17,18)19)20(2)15(21)13-7-9-24(22,23)10-8-13/h3-6,13-14H,7-10H2,1-2H3. The summed E-state index contributed by atoms with van der Waals surface area (Å²) in [6.45, 7) is 1.77. The zero-order valence-corrected chi connectivity index (χ0v) is 14.3. The fraction of sp³-hybridized carbons (Fsp3) is 0.562. The maximum atomic E-state index is 13.5. The Labute approximate surface area is 139 Å². The number of aryl methyl sites for hydroxylation is 1. The number of alkyl halides is 3. The van der Waals surface area contributed by atoms with Crippen molar-refractivity contribution in [3.8, 4) is 0 Å². The minimum absolute atomic E-state index is 0.00705. The number of benzene rings is 1. The van der Waals surface area contributed by atoms with Gasteiger partial charge in [-0.25, -0.2) is 8.42 Å². The molecule has 1 fully saturated rings. The van der Waals surface area contributed by atoms with Crippen molar-refractivity contribution in [1.82, 2.24) is 4.90 Å². The number of rotatable bonds is 3. The third kappa shape index (κ3) is 4.28. The van der Waals surface area contributed by atoms with Gasteiger partial charge in [-0.3, -0.25) is 4.79 Å². The van der Waals surface area contributed by atoms with E-state index in [1.807, 2.05) is 0 Å². The highest BCUT2D eigenvalue weighted by Gasteiger charge is 2.46. The molecule has 1 aromatic rings. The predicted octanol–water partition coefficient (Wildman–Crippen LogP) is 2.88. The van der Waals surface area contributed by atoms with Crippen LogP contribution in [0.3, 0.4) is 0 Å². The van der Waals surface area contributed by atoms with Crippen LogP contribution in [-0.2, 0) is 14.6 Å². The molecule has 24 heavy (non-hydrogen) atoms. The summed E-state index contributed by atoms with van der Waals surface area (Å²) >= 11 is 0. The number of carbonyl (C=O) groups excluding carboxylic acids is 1. The van der Waals surface area contributed by atoms with E-state index in [2.05, 4.69) is 0 Å². The van der Waals surface area contributed by atoms with Crippen LogP contribution < -0.4 is 0 Å². The Bertz CT molecular complexity index is 684. The van der Waals surface area contributed by atoms with Gasteiger partial charge in [0.25, 0.3) is 0 Å². The van der Waals surface area contributed by atoms with Gasteiger partial charge in [-0.05, 0) is 25.3 Å². The minimum Gasteiger partial charge on any atom is -0.330 e. The average Bonchev–Trinajstić information content (AvgIpc) is 2.47. The number of nitrogens with zero attached hydrogens (tertiary/aromatic N) is 1. The molecule has 0 radical (unpaired) electrons. The van der Waals surface area contributed by atoms with Gasteiger partial charge in [0.05, 0.1) is 11.5 Å². The Hall–Kier alpha value is -1.57. The molecule has 1 amide bonds. The zero-order valence-electron chi connectivity index (χ0n) is 13.5. The third-order valence-electron chi connectivity index (χ3n) is 4.34. The van der Waals surface area contributed by atoms with E-state index in [0.717, 1.165) is 12.6 Å². The maximum absolute atomic E-state index is 13.5. The summed E-state index contributed by atoms with van der Waals surface area (Å²) in [5, 5.41) is 0. The van der Waals surface area contributed by atoms with Crippen LogP contribution in [0, 0.1) is 12.8 Å². The van der Waals surface area contributed by atoms with Crippen LogP contribution in [-0.4, -0.2) is 44.0 Å². The molecule has 1 atom stereocenters. The first kappa shape index (κ1) is 18.8. The highest BCUT2D eigenvalue weighted by atomic mass is 32.2. The number of amides is 1. The lowest BCUT2D eigenvalue weighted by Gasteiger charge is -2.34. The molecule has 134 valence electrons. The van der Waals surface area contributed by atoms with Crippen LogP contribution in [0.25, 0.3) is 0 Å². The van der Waals surface area contributed by atoms with Crippen molar-refractivity contribution in [2.45, 2.75) is 32.0 Å². The van der Waals surface area contributed by atoms with Crippen LogP contribution >= 0.6 is 0 Å². The van der Waals surface area contributed by atoms with Crippen LogP contribution in [0.4, 0.5) is 13.2 Å². The normalized spacial score (nSPS) is 19.7. The average molecular weight is 363 g/mol. The van der Waals surface area contributed by atoms with Crippen molar-refractivity contribution >= 4 is 15.7 Å². The first-order valence-corrected chi connectivity index (χ1v) is 9.44. The minimum atomic E-state index is -4.61. The van der Waals surface area contributed by atoms with E-state index < -0.39 is 33.9 Å². The van der Waals surface area contributed by atoms with Gasteiger partial charge in [0.15, 0.2) is 6.04 Å². The number of carbonyl (C=O) groups is 1. The van der Waals surface area contributed by atoms with Crippen molar-refractivity contribution in [3.63, 3.8) is 0 Å². The molecule has 1 aromatic carbocycles. The van der Waals surface area contributed by atoms with E-state index in [4.69, 9.17) is 0 Å². The lowest BCUT2D eigenvalue weighted by molar-refractivity contribution is -0.190. The summed E-state index contributed by atoms with van der Waals surface area (Å²) in [4.78, 5) is 13.2. The predicted molar refractivity (Wildman–Crippen MR) is 84.1 cm³/mol. The molecular formula is C16H20F3NO3S. The first-order chi connectivity index (χ1) is 11.0. The van der Waals surface area contributed by atoms with Gasteiger partial charge in [0, 0.05) is 13.0 Å². The van der Waals surface area contributed by atoms with Crippen molar-refractivity contribution in [1.29, 1.82) is 0 Å². The van der Waals surface area contributed by atoms with Gasteiger partial charge in [0.2, 0.25) is 5.91 Å². The summed E-state index contributed by atoms with van der Waals surface area (Å²) in [5.41, 5.74) is 0.818. The number of hydrogen-bond acceptors (Lipinski definition) is 3. The molecule has 0 saturated carbocycles. The van der Waals surface area contributed by atoms with Gasteiger partial charge in [-0.15, -0.1) is 0 Å². The van der Waals surface area contributed by atoms with Gasteiger partial charge >= 0.3 is 6.18 Å². The van der Waals surface area contributed by atoms with E-state index in [1.54, 1.807) is 19.1 Å². The summed E-state index contributed by atoms with van der Waals surface area (Å²) in [7, 11) is -2.05. The van der Waals surface area contributed by atoms with E-state index in [1.165, 1.54) is 12.1 Å². The largest absolute Gasteiger partial charge is 0.413 e. The van der Waals surface area contributed by atoms with Gasteiger partial charge in [0.1, 0.15) is 9.84 Å². The lowest BCUT2D eigenvalue weighted by atomic mass is 9.98.